The lowest BCUT2D eigenvalue weighted by atomic mass is 9.92. The number of fused-ring (bicyclic) bond motifs is 3. The number of benzene rings is 1. The first kappa shape index (κ1) is 15.1. The normalized spacial score (nSPS) is 13.7. The van der Waals surface area contributed by atoms with Gasteiger partial charge in [0.15, 0.2) is 0 Å². The first-order valence-electron chi connectivity index (χ1n) is 7.12. The molecule has 0 amide bonds. The summed E-state index contributed by atoms with van der Waals surface area (Å²) in [7, 11) is 0. The maximum Gasteiger partial charge on any atom is 0.282 e. The fourth-order valence-electron chi connectivity index (χ4n) is 3.01. The fourth-order valence-corrected chi connectivity index (χ4v) is 3.14. The van der Waals surface area contributed by atoms with Gasteiger partial charge in [0.1, 0.15) is 5.69 Å². The van der Waals surface area contributed by atoms with Gasteiger partial charge in [-0.15, -0.1) is 12.4 Å². The van der Waals surface area contributed by atoms with Gasteiger partial charge < -0.3 is 4.98 Å². The SMILES string of the molecule is Cl.O=c1c2c[nH]c3c(c-2nn1-c1ccc(Cl)cc1)CCCC3. The topological polar surface area (TPSA) is 50.7 Å². The maximum absolute atomic E-state index is 12.5. The monoisotopic (exact) mass is 335 g/mol. The molecule has 1 aliphatic carbocycles. The van der Waals surface area contributed by atoms with Crippen LogP contribution in [-0.2, 0) is 12.8 Å². The summed E-state index contributed by atoms with van der Waals surface area (Å²) in [6.07, 6.45) is 6.16. The average molecular weight is 336 g/mol. The van der Waals surface area contributed by atoms with E-state index in [4.69, 9.17) is 11.6 Å². The average Bonchev–Trinajstić information content (AvgIpc) is 2.86. The van der Waals surface area contributed by atoms with Gasteiger partial charge in [-0.3, -0.25) is 4.79 Å². The molecule has 2 aliphatic heterocycles. The van der Waals surface area contributed by atoms with E-state index in [1.165, 1.54) is 22.4 Å². The van der Waals surface area contributed by atoms with Gasteiger partial charge in [-0.2, -0.15) is 9.78 Å². The van der Waals surface area contributed by atoms with E-state index in [1.54, 1.807) is 18.3 Å². The van der Waals surface area contributed by atoms with E-state index in [0.717, 1.165) is 30.6 Å². The Balaban J connectivity index is 0.00000144. The molecular formula is C16H15Cl2N3O. The number of H-pyrrole nitrogens is 1. The second-order valence-electron chi connectivity index (χ2n) is 5.41. The summed E-state index contributed by atoms with van der Waals surface area (Å²) in [6, 6.07) is 7.16. The smallest absolute Gasteiger partial charge is 0.282 e. The number of nitrogens with zero attached hydrogens (tertiary/aromatic N) is 2. The Bertz CT molecular complexity index is 836. The third kappa shape index (κ3) is 2.32. The Morgan fingerprint density at radius 2 is 1.86 bits per heavy atom. The van der Waals surface area contributed by atoms with Gasteiger partial charge in [0, 0.05) is 16.9 Å². The van der Waals surface area contributed by atoms with Crippen molar-refractivity contribution in [1.82, 2.24) is 14.8 Å². The molecule has 0 saturated carbocycles. The molecule has 0 spiro atoms. The number of rotatable bonds is 1. The molecule has 0 atom stereocenters. The summed E-state index contributed by atoms with van der Waals surface area (Å²) in [5.74, 6) is 0. The minimum atomic E-state index is -0.0862. The lowest BCUT2D eigenvalue weighted by molar-refractivity contribution is 0.666. The highest BCUT2D eigenvalue weighted by Crippen LogP contribution is 2.29. The zero-order valence-corrected chi connectivity index (χ0v) is 13.4. The number of aryl methyl sites for hydroxylation is 1. The number of aromatic amines is 1. The molecule has 0 radical (unpaired) electrons. The number of halogens is 2. The third-order valence-corrected chi connectivity index (χ3v) is 4.35. The molecule has 1 aromatic carbocycles. The molecule has 3 aliphatic rings. The van der Waals surface area contributed by atoms with Gasteiger partial charge >= 0.3 is 0 Å². The highest BCUT2D eigenvalue weighted by molar-refractivity contribution is 6.30. The molecule has 0 fully saturated rings. The molecule has 114 valence electrons. The van der Waals surface area contributed by atoms with Gasteiger partial charge in [-0.1, -0.05) is 11.6 Å². The number of hydrogen-bond acceptors (Lipinski definition) is 2. The Morgan fingerprint density at radius 3 is 2.64 bits per heavy atom. The van der Waals surface area contributed by atoms with Crippen LogP contribution >= 0.6 is 24.0 Å². The van der Waals surface area contributed by atoms with Crippen LogP contribution in [0.2, 0.25) is 5.02 Å². The Labute approximate surface area is 138 Å². The van der Waals surface area contributed by atoms with Crippen LogP contribution in [0.5, 0.6) is 0 Å². The molecule has 0 unspecified atom stereocenters. The van der Waals surface area contributed by atoms with Crippen LogP contribution in [0.15, 0.2) is 35.3 Å². The molecular weight excluding hydrogens is 321 g/mol. The molecule has 0 aromatic heterocycles. The Kier molecular flexibility index (Phi) is 3.98. The van der Waals surface area contributed by atoms with Crippen LogP contribution in [0.4, 0.5) is 0 Å². The van der Waals surface area contributed by atoms with Crippen LogP contribution in [-0.4, -0.2) is 14.8 Å². The van der Waals surface area contributed by atoms with E-state index in [-0.39, 0.29) is 18.0 Å². The van der Waals surface area contributed by atoms with Crippen molar-refractivity contribution < 1.29 is 0 Å². The van der Waals surface area contributed by atoms with Crippen molar-refractivity contribution in [3.8, 4) is 16.9 Å². The lowest BCUT2D eigenvalue weighted by Gasteiger charge is -2.16. The summed E-state index contributed by atoms with van der Waals surface area (Å²) in [6.45, 7) is 0. The van der Waals surface area contributed by atoms with E-state index >= 15 is 0 Å². The first-order chi connectivity index (χ1) is 10.2. The van der Waals surface area contributed by atoms with Crippen molar-refractivity contribution in [3.05, 3.63) is 57.1 Å². The number of aromatic nitrogens is 3. The molecule has 4 nitrogen and oxygen atoms in total. The molecule has 1 aromatic rings. The van der Waals surface area contributed by atoms with Gasteiger partial charge in [0.05, 0.1) is 11.3 Å². The van der Waals surface area contributed by atoms with E-state index in [2.05, 4.69) is 10.1 Å². The second kappa shape index (κ2) is 5.78. The number of pyridine rings is 1. The highest BCUT2D eigenvalue weighted by atomic mass is 35.5. The summed E-state index contributed by atoms with van der Waals surface area (Å²) in [4.78, 5) is 15.8. The van der Waals surface area contributed by atoms with E-state index in [1.807, 2.05) is 12.1 Å². The predicted molar refractivity (Wildman–Crippen MR) is 89.7 cm³/mol. The van der Waals surface area contributed by atoms with Crippen molar-refractivity contribution in [2.75, 3.05) is 0 Å². The minimum absolute atomic E-state index is 0. The molecule has 2 heterocycles. The molecule has 0 saturated heterocycles. The van der Waals surface area contributed by atoms with Crippen molar-refractivity contribution >= 4 is 24.0 Å². The Hall–Kier alpha value is -1.78. The number of hydrogen-bond donors (Lipinski definition) is 1. The number of nitrogens with one attached hydrogen (secondary N) is 1. The van der Waals surface area contributed by atoms with Crippen LogP contribution in [0, 0.1) is 0 Å². The maximum atomic E-state index is 12.5. The quantitative estimate of drug-likeness (QED) is 0.738. The van der Waals surface area contributed by atoms with Gasteiger partial charge in [-0.25, -0.2) is 0 Å². The minimum Gasteiger partial charge on any atom is -0.364 e. The van der Waals surface area contributed by atoms with Crippen LogP contribution in [0.3, 0.4) is 0 Å². The summed E-state index contributed by atoms with van der Waals surface area (Å²) >= 11 is 5.90. The predicted octanol–water partition coefficient (Wildman–Crippen LogP) is 3.62. The van der Waals surface area contributed by atoms with Crippen molar-refractivity contribution in [2.24, 2.45) is 0 Å². The largest absolute Gasteiger partial charge is 0.364 e. The standard InChI is InChI=1S/C16H14ClN3O.ClH/c17-10-5-7-11(8-6-10)20-16(21)13-9-18-14-4-2-1-3-12(14)15(13)19-20;/h5-9,18H,1-4H2;1H. The molecule has 1 N–H and O–H groups in total. The zero-order chi connectivity index (χ0) is 14.4. The van der Waals surface area contributed by atoms with Crippen molar-refractivity contribution in [1.29, 1.82) is 0 Å². The summed E-state index contributed by atoms with van der Waals surface area (Å²) in [5, 5.41) is 5.21. The van der Waals surface area contributed by atoms with Crippen LogP contribution in [0.25, 0.3) is 16.9 Å². The van der Waals surface area contributed by atoms with Crippen molar-refractivity contribution in [2.45, 2.75) is 25.7 Å². The van der Waals surface area contributed by atoms with Gasteiger partial charge in [0.25, 0.3) is 5.56 Å². The zero-order valence-electron chi connectivity index (χ0n) is 11.8. The van der Waals surface area contributed by atoms with E-state index in [0.29, 0.717) is 10.6 Å². The van der Waals surface area contributed by atoms with E-state index in [9.17, 15) is 4.79 Å². The molecule has 22 heavy (non-hydrogen) atoms. The van der Waals surface area contributed by atoms with Crippen molar-refractivity contribution in [3.63, 3.8) is 0 Å². The summed E-state index contributed by atoms with van der Waals surface area (Å²) < 4.78 is 1.46. The van der Waals surface area contributed by atoms with Gasteiger partial charge in [-0.05, 0) is 55.5 Å². The fraction of sp³-hybridized carbons (Fsp3) is 0.250. The van der Waals surface area contributed by atoms with Gasteiger partial charge in [0.2, 0.25) is 0 Å². The van der Waals surface area contributed by atoms with Crippen LogP contribution < -0.4 is 5.56 Å². The molecule has 0 bridgehead atoms. The lowest BCUT2D eigenvalue weighted by Crippen LogP contribution is -2.14. The first-order valence-corrected chi connectivity index (χ1v) is 7.50. The van der Waals surface area contributed by atoms with E-state index < -0.39 is 0 Å². The highest BCUT2D eigenvalue weighted by Gasteiger charge is 2.23. The van der Waals surface area contributed by atoms with Crippen LogP contribution in [0.1, 0.15) is 24.1 Å². The molecule has 4 rings (SSSR count). The molecule has 6 heteroatoms. The third-order valence-electron chi connectivity index (χ3n) is 4.09. The second-order valence-corrected chi connectivity index (χ2v) is 5.84. The summed E-state index contributed by atoms with van der Waals surface area (Å²) in [5.41, 5.74) is 4.56. The Morgan fingerprint density at radius 1 is 1.14 bits per heavy atom.